The second-order valence-electron chi connectivity index (χ2n) is 7.90. The molecule has 31 heavy (non-hydrogen) atoms. The van der Waals surface area contributed by atoms with Crippen LogP contribution in [0.15, 0.2) is 48.7 Å². The molecule has 0 atom stereocenters. The molecule has 3 aromatic rings. The van der Waals surface area contributed by atoms with E-state index in [0.717, 1.165) is 42.8 Å². The lowest BCUT2D eigenvalue weighted by Crippen LogP contribution is -2.28. The minimum absolute atomic E-state index is 0.0777. The number of nitrogens with zero attached hydrogens (tertiary/aromatic N) is 3. The van der Waals surface area contributed by atoms with E-state index in [9.17, 15) is 4.79 Å². The van der Waals surface area contributed by atoms with Gasteiger partial charge in [0.15, 0.2) is 0 Å². The average molecular weight is 419 g/mol. The fourth-order valence-electron chi connectivity index (χ4n) is 3.98. The number of carbonyl (C=O) groups excluding carboxylic acids is 1. The molecule has 1 aliphatic carbocycles. The molecule has 0 unspecified atom stereocenters. The van der Waals surface area contributed by atoms with Gasteiger partial charge in [0.25, 0.3) is 5.91 Å². The third kappa shape index (κ3) is 5.13. The van der Waals surface area contributed by atoms with Crippen LogP contribution in [-0.2, 0) is 19.4 Å². The normalized spacial score (nSPS) is 12.9. The predicted octanol–water partition coefficient (Wildman–Crippen LogP) is 4.43. The van der Waals surface area contributed by atoms with Crippen molar-refractivity contribution in [2.75, 3.05) is 13.2 Å². The van der Waals surface area contributed by atoms with Crippen LogP contribution in [-0.4, -0.2) is 33.8 Å². The highest BCUT2D eigenvalue weighted by Gasteiger charge is 2.22. The lowest BCUT2D eigenvalue weighted by molar-refractivity contribution is 0.0951. The molecule has 1 aliphatic rings. The minimum atomic E-state index is -0.0777. The molecule has 0 spiro atoms. The van der Waals surface area contributed by atoms with Crippen molar-refractivity contribution < 1.29 is 9.53 Å². The van der Waals surface area contributed by atoms with Crippen molar-refractivity contribution in [2.45, 2.75) is 52.0 Å². The molecular weight excluding hydrogens is 388 g/mol. The SMILES string of the molecule is CCCCOc1ccc(C(=O)NCCn2nc(-c3ccccn3)c3c2CCCC3)cc1. The number of benzene rings is 1. The van der Waals surface area contributed by atoms with E-state index < -0.39 is 0 Å². The van der Waals surface area contributed by atoms with Gasteiger partial charge in [-0.15, -0.1) is 0 Å². The van der Waals surface area contributed by atoms with Crippen LogP contribution in [0.2, 0.25) is 0 Å². The van der Waals surface area contributed by atoms with Gasteiger partial charge in [0.2, 0.25) is 0 Å². The van der Waals surface area contributed by atoms with Crippen molar-refractivity contribution in [3.63, 3.8) is 0 Å². The number of hydrogen-bond acceptors (Lipinski definition) is 4. The molecule has 0 fully saturated rings. The Labute approximate surface area is 183 Å². The van der Waals surface area contributed by atoms with Gasteiger partial charge < -0.3 is 10.1 Å². The fraction of sp³-hybridized carbons (Fsp3) is 0.400. The van der Waals surface area contributed by atoms with Gasteiger partial charge in [-0.1, -0.05) is 19.4 Å². The molecule has 4 rings (SSSR count). The second kappa shape index (κ2) is 10.2. The number of amides is 1. The van der Waals surface area contributed by atoms with E-state index >= 15 is 0 Å². The third-order valence-corrected chi connectivity index (χ3v) is 5.66. The molecule has 2 heterocycles. The Hall–Kier alpha value is -3.15. The smallest absolute Gasteiger partial charge is 0.251 e. The highest BCUT2D eigenvalue weighted by Crippen LogP contribution is 2.30. The maximum Gasteiger partial charge on any atom is 0.251 e. The fourth-order valence-corrected chi connectivity index (χ4v) is 3.98. The molecule has 162 valence electrons. The van der Waals surface area contributed by atoms with E-state index in [1.165, 1.54) is 24.1 Å². The predicted molar refractivity (Wildman–Crippen MR) is 121 cm³/mol. The van der Waals surface area contributed by atoms with Gasteiger partial charge in [0, 0.05) is 29.6 Å². The van der Waals surface area contributed by atoms with Gasteiger partial charge >= 0.3 is 0 Å². The van der Waals surface area contributed by atoms with Crippen LogP contribution in [0, 0.1) is 0 Å². The van der Waals surface area contributed by atoms with Crippen molar-refractivity contribution in [3.8, 4) is 17.1 Å². The van der Waals surface area contributed by atoms with Crippen LogP contribution >= 0.6 is 0 Å². The zero-order valence-corrected chi connectivity index (χ0v) is 18.1. The van der Waals surface area contributed by atoms with Crippen LogP contribution in [0.3, 0.4) is 0 Å². The van der Waals surface area contributed by atoms with Crippen molar-refractivity contribution in [3.05, 3.63) is 65.5 Å². The Morgan fingerprint density at radius 3 is 2.74 bits per heavy atom. The molecule has 0 radical (unpaired) electrons. The van der Waals surface area contributed by atoms with Crippen LogP contribution in [0.1, 0.15) is 54.2 Å². The maximum absolute atomic E-state index is 12.5. The summed E-state index contributed by atoms with van der Waals surface area (Å²) in [5.41, 5.74) is 5.15. The number of pyridine rings is 1. The van der Waals surface area contributed by atoms with Gasteiger partial charge in [-0.3, -0.25) is 14.5 Å². The van der Waals surface area contributed by atoms with E-state index in [1.54, 1.807) is 0 Å². The van der Waals surface area contributed by atoms with Crippen LogP contribution in [0.25, 0.3) is 11.4 Å². The number of fused-ring (bicyclic) bond motifs is 1. The van der Waals surface area contributed by atoms with Crippen molar-refractivity contribution in [1.82, 2.24) is 20.1 Å². The summed E-state index contributed by atoms with van der Waals surface area (Å²) in [7, 11) is 0. The maximum atomic E-state index is 12.5. The van der Waals surface area contributed by atoms with Gasteiger partial charge in [-0.2, -0.15) is 5.10 Å². The number of aromatic nitrogens is 3. The van der Waals surface area contributed by atoms with E-state index in [2.05, 4.69) is 21.9 Å². The first kappa shape index (κ1) is 21.1. The second-order valence-corrected chi connectivity index (χ2v) is 7.90. The lowest BCUT2D eigenvalue weighted by Gasteiger charge is -2.14. The molecular formula is C25H30N4O2. The Balaban J connectivity index is 1.37. The summed E-state index contributed by atoms with van der Waals surface area (Å²) in [5.74, 6) is 0.723. The van der Waals surface area contributed by atoms with Crippen molar-refractivity contribution >= 4 is 5.91 Å². The largest absolute Gasteiger partial charge is 0.494 e. The molecule has 6 heteroatoms. The van der Waals surface area contributed by atoms with Gasteiger partial charge in [0.05, 0.1) is 18.8 Å². The van der Waals surface area contributed by atoms with Crippen LogP contribution < -0.4 is 10.1 Å². The summed E-state index contributed by atoms with van der Waals surface area (Å²) in [6.45, 7) is 4.02. The minimum Gasteiger partial charge on any atom is -0.494 e. The monoisotopic (exact) mass is 418 g/mol. The van der Waals surface area contributed by atoms with E-state index in [-0.39, 0.29) is 5.91 Å². The third-order valence-electron chi connectivity index (χ3n) is 5.66. The van der Waals surface area contributed by atoms with Crippen LogP contribution in [0.5, 0.6) is 5.75 Å². The van der Waals surface area contributed by atoms with Gasteiger partial charge in [0.1, 0.15) is 11.4 Å². The standard InChI is InChI=1S/C25H30N4O2/c1-2-3-18-31-20-13-11-19(12-14-20)25(30)27-16-17-29-23-10-5-4-8-21(23)24(28-29)22-9-6-7-15-26-22/h6-7,9,11-15H,2-5,8,10,16-18H2,1H3,(H,27,30). The Morgan fingerprint density at radius 1 is 1.13 bits per heavy atom. The highest BCUT2D eigenvalue weighted by molar-refractivity contribution is 5.94. The summed E-state index contributed by atoms with van der Waals surface area (Å²) in [6.07, 6.45) is 8.38. The first-order valence-electron chi connectivity index (χ1n) is 11.3. The summed E-state index contributed by atoms with van der Waals surface area (Å²) in [5, 5.41) is 7.88. The van der Waals surface area contributed by atoms with Gasteiger partial charge in [-0.05, 0) is 68.5 Å². The topological polar surface area (TPSA) is 69.0 Å². The highest BCUT2D eigenvalue weighted by atomic mass is 16.5. The van der Waals surface area contributed by atoms with E-state index in [0.29, 0.717) is 25.3 Å². The zero-order chi connectivity index (χ0) is 21.5. The summed E-state index contributed by atoms with van der Waals surface area (Å²) in [6, 6.07) is 13.3. The Kier molecular flexibility index (Phi) is 6.97. The molecule has 2 aromatic heterocycles. The van der Waals surface area contributed by atoms with E-state index in [4.69, 9.17) is 9.84 Å². The van der Waals surface area contributed by atoms with Crippen LogP contribution in [0.4, 0.5) is 0 Å². The summed E-state index contributed by atoms with van der Waals surface area (Å²) >= 11 is 0. The molecule has 1 N–H and O–H groups in total. The number of unbranched alkanes of at least 4 members (excludes halogenated alkanes) is 1. The Morgan fingerprint density at radius 2 is 1.97 bits per heavy atom. The molecule has 0 aliphatic heterocycles. The first-order valence-corrected chi connectivity index (χ1v) is 11.3. The average Bonchev–Trinajstić information content (AvgIpc) is 3.19. The number of nitrogens with one attached hydrogen (secondary N) is 1. The number of rotatable bonds is 9. The molecule has 6 nitrogen and oxygen atoms in total. The number of carbonyl (C=O) groups is 1. The quantitative estimate of drug-likeness (QED) is 0.522. The van der Waals surface area contributed by atoms with Crippen molar-refractivity contribution in [1.29, 1.82) is 0 Å². The van der Waals surface area contributed by atoms with Gasteiger partial charge in [-0.25, -0.2) is 0 Å². The zero-order valence-electron chi connectivity index (χ0n) is 18.1. The van der Waals surface area contributed by atoms with E-state index in [1.807, 2.05) is 48.7 Å². The molecule has 1 amide bonds. The molecule has 0 saturated carbocycles. The first-order chi connectivity index (χ1) is 15.3. The number of hydrogen-bond donors (Lipinski definition) is 1. The summed E-state index contributed by atoms with van der Waals surface area (Å²) in [4.78, 5) is 17.0. The lowest BCUT2D eigenvalue weighted by atomic mass is 9.95. The molecule has 0 saturated heterocycles. The molecule has 1 aromatic carbocycles. The van der Waals surface area contributed by atoms with Crippen molar-refractivity contribution in [2.24, 2.45) is 0 Å². The summed E-state index contributed by atoms with van der Waals surface area (Å²) < 4.78 is 7.72. The molecule has 0 bridgehead atoms. The number of ether oxygens (including phenoxy) is 1. The Bertz CT molecular complexity index is 996.